The van der Waals surface area contributed by atoms with Crippen LogP contribution in [0, 0.1) is 11.3 Å². The molecule has 166 valence electrons. The zero-order valence-electron chi connectivity index (χ0n) is 17.9. The van der Waals surface area contributed by atoms with Crippen LogP contribution in [-0.4, -0.2) is 38.8 Å². The van der Waals surface area contributed by atoms with Crippen molar-refractivity contribution < 1.29 is 22.7 Å². The summed E-state index contributed by atoms with van der Waals surface area (Å²) in [6.45, 7) is 3.80. The molecule has 1 heterocycles. The highest BCUT2D eigenvalue weighted by Crippen LogP contribution is 2.31. The second-order valence-corrected chi connectivity index (χ2v) is 10.2. The van der Waals surface area contributed by atoms with Crippen molar-refractivity contribution in [2.75, 3.05) is 18.7 Å². The smallest absolute Gasteiger partial charge is 0.268 e. The average molecular weight is 472 g/mol. The van der Waals surface area contributed by atoms with Crippen LogP contribution in [0.5, 0.6) is 11.5 Å². The lowest BCUT2D eigenvalue weighted by Crippen LogP contribution is -2.13. The Hall–Kier alpha value is -3.42. The molecular formula is C22H21N3O5S2. The number of sulfone groups is 1. The van der Waals surface area contributed by atoms with E-state index in [0.29, 0.717) is 27.3 Å². The molecule has 3 rings (SSSR count). The van der Waals surface area contributed by atoms with Crippen LogP contribution in [0.2, 0.25) is 0 Å². The molecule has 1 aromatic heterocycles. The molecule has 0 bridgehead atoms. The van der Waals surface area contributed by atoms with Gasteiger partial charge in [0.05, 0.1) is 28.3 Å². The van der Waals surface area contributed by atoms with Gasteiger partial charge in [0.25, 0.3) is 5.91 Å². The summed E-state index contributed by atoms with van der Waals surface area (Å²) < 4.78 is 35.1. The van der Waals surface area contributed by atoms with E-state index >= 15 is 0 Å². The van der Waals surface area contributed by atoms with Crippen molar-refractivity contribution in [1.29, 1.82) is 5.26 Å². The lowest BCUT2D eigenvalue weighted by atomic mass is 10.1. The fraction of sp³-hybridized carbons (Fsp3) is 0.227. The second kappa shape index (κ2) is 9.38. The van der Waals surface area contributed by atoms with Crippen LogP contribution < -0.4 is 14.8 Å². The zero-order valence-corrected chi connectivity index (χ0v) is 19.5. The van der Waals surface area contributed by atoms with E-state index in [0.717, 1.165) is 17.6 Å². The summed E-state index contributed by atoms with van der Waals surface area (Å²) in [5.41, 5.74) is 1.01. The highest BCUT2D eigenvalue weighted by Gasteiger charge is 2.15. The largest absolute Gasteiger partial charge is 0.493 e. The summed E-state index contributed by atoms with van der Waals surface area (Å²) in [7, 11) is -1.85. The maximum absolute atomic E-state index is 12.6. The number of ether oxygens (including phenoxy) is 2. The van der Waals surface area contributed by atoms with Crippen LogP contribution in [0.15, 0.2) is 46.9 Å². The van der Waals surface area contributed by atoms with Crippen molar-refractivity contribution in [2.45, 2.75) is 24.8 Å². The van der Waals surface area contributed by atoms with Crippen LogP contribution >= 0.6 is 11.3 Å². The fourth-order valence-electron chi connectivity index (χ4n) is 2.79. The van der Waals surface area contributed by atoms with E-state index in [9.17, 15) is 18.5 Å². The van der Waals surface area contributed by atoms with Crippen molar-refractivity contribution >= 4 is 48.5 Å². The van der Waals surface area contributed by atoms with Gasteiger partial charge < -0.3 is 9.47 Å². The molecule has 0 radical (unpaired) electrons. The van der Waals surface area contributed by atoms with Gasteiger partial charge in [-0.2, -0.15) is 5.26 Å². The first-order valence-electron chi connectivity index (χ1n) is 9.49. The quantitative estimate of drug-likeness (QED) is 0.408. The molecule has 0 saturated carbocycles. The highest BCUT2D eigenvalue weighted by molar-refractivity contribution is 7.90. The molecule has 32 heavy (non-hydrogen) atoms. The van der Waals surface area contributed by atoms with Gasteiger partial charge in [-0.3, -0.25) is 10.1 Å². The van der Waals surface area contributed by atoms with Gasteiger partial charge in [-0.25, -0.2) is 13.4 Å². The number of aromatic nitrogens is 1. The Morgan fingerprint density at radius 2 is 1.97 bits per heavy atom. The minimum Gasteiger partial charge on any atom is -0.493 e. The Morgan fingerprint density at radius 1 is 1.22 bits per heavy atom. The van der Waals surface area contributed by atoms with Gasteiger partial charge in [-0.05, 0) is 55.8 Å². The standard InChI is InChI=1S/C22H21N3O5S2/c1-13(2)30-18-8-5-14(10-19(18)29-3)9-15(12-23)21(26)25-22-24-17-7-6-16(32(4,27)28)11-20(17)31-22/h5-11,13H,1-4H3,(H,24,25,26). The van der Waals surface area contributed by atoms with Gasteiger partial charge in [0, 0.05) is 6.26 Å². The first kappa shape index (κ1) is 23.2. The minimum absolute atomic E-state index is 0.0342. The summed E-state index contributed by atoms with van der Waals surface area (Å²) in [6, 6.07) is 11.5. The van der Waals surface area contributed by atoms with E-state index in [2.05, 4.69) is 10.3 Å². The van der Waals surface area contributed by atoms with Gasteiger partial charge >= 0.3 is 0 Å². The van der Waals surface area contributed by atoms with Gasteiger partial charge in [-0.15, -0.1) is 0 Å². The van der Waals surface area contributed by atoms with Crippen molar-refractivity contribution in [3.8, 4) is 17.6 Å². The number of hydrogen-bond donors (Lipinski definition) is 1. The van der Waals surface area contributed by atoms with Gasteiger partial charge in [-0.1, -0.05) is 17.4 Å². The predicted molar refractivity (Wildman–Crippen MR) is 124 cm³/mol. The van der Waals surface area contributed by atoms with Crippen molar-refractivity contribution in [3.63, 3.8) is 0 Å². The molecule has 0 unspecified atom stereocenters. The lowest BCUT2D eigenvalue weighted by Gasteiger charge is -2.13. The van der Waals surface area contributed by atoms with Gasteiger partial charge in [0.15, 0.2) is 26.5 Å². The number of carbonyl (C=O) groups excluding carboxylic acids is 1. The Bertz CT molecular complexity index is 1350. The maximum atomic E-state index is 12.6. The fourth-order valence-corrected chi connectivity index (χ4v) is 4.42. The molecule has 0 saturated heterocycles. The highest BCUT2D eigenvalue weighted by atomic mass is 32.2. The molecule has 0 fully saturated rings. The van der Waals surface area contributed by atoms with E-state index in [1.807, 2.05) is 19.9 Å². The van der Waals surface area contributed by atoms with Crippen LogP contribution in [0.1, 0.15) is 19.4 Å². The van der Waals surface area contributed by atoms with Crippen LogP contribution in [-0.2, 0) is 14.6 Å². The van der Waals surface area contributed by atoms with Crippen LogP contribution in [0.3, 0.4) is 0 Å². The Morgan fingerprint density at radius 3 is 2.59 bits per heavy atom. The number of fused-ring (bicyclic) bond motifs is 1. The molecule has 0 aliphatic heterocycles. The normalized spacial score (nSPS) is 11.9. The monoisotopic (exact) mass is 471 g/mol. The third-order valence-electron chi connectivity index (χ3n) is 4.23. The average Bonchev–Trinajstić information content (AvgIpc) is 3.13. The molecule has 0 aliphatic carbocycles. The molecule has 0 atom stereocenters. The van der Waals surface area contributed by atoms with Crippen molar-refractivity contribution in [3.05, 3.63) is 47.5 Å². The summed E-state index contributed by atoms with van der Waals surface area (Å²) >= 11 is 1.12. The van der Waals surface area contributed by atoms with E-state index in [1.165, 1.54) is 25.3 Å². The van der Waals surface area contributed by atoms with Crippen molar-refractivity contribution in [1.82, 2.24) is 4.98 Å². The summed E-state index contributed by atoms with van der Waals surface area (Å²) in [4.78, 5) is 17.1. The maximum Gasteiger partial charge on any atom is 0.268 e. The van der Waals surface area contributed by atoms with Crippen molar-refractivity contribution in [2.24, 2.45) is 0 Å². The number of amides is 1. The number of anilines is 1. The van der Waals surface area contributed by atoms with Crippen LogP contribution in [0.4, 0.5) is 5.13 Å². The predicted octanol–water partition coefficient (Wildman–Crippen LogP) is 4.04. The Balaban J connectivity index is 1.84. The first-order chi connectivity index (χ1) is 15.1. The molecule has 3 aromatic rings. The molecular weight excluding hydrogens is 450 g/mol. The number of nitriles is 1. The molecule has 1 amide bonds. The van der Waals surface area contributed by atoms with E-state index in [1.54, 1.807) is 24.3 Å². The number of carbonyl (C=O) groups is 1. The molecule has 0 aliphatic rings. The zero-order chi connectivity index (χ0) is 23.5. The number of hydrogen-bond acceptors (Lipinski definition) is 8. The number of nitrogens with zero attached hydrogens (tertiary/aromatic N) is 2. The summed E-state index contributed by atoms with van der Waals surface area (Å²) in [5.74, 6) is 0.417. The number of nitrogens with one attached hydrogen (secondary N) is 1. The summed E-state index contributed by atoms with van der Waals surface area (Å²) in [5, 5.41) is 12.3. The molecule has 8 nitrogen and oxygen atoms in total. The summed E-state index contributed by atoms with van der Waals surface area (Å²) in [6.07, 6.45) is 2.53. The topological polar surface area (TPSA) is 118 Å². The second-order valence-electron chi connectivity index (χ2n) is 7.12. The number of benzene rings is 2. The SMILES string of the molecule is COc1cc(C=C(C#N)C(=O)Nc2nc3ccc(S(C)(=O)=O)cc3s2)ccc1OC(C)C. The van der Waals surface area contributed by atoms with Gasteiger partial charge in [0.2, 0.25) is 0 Å². The lowest BCUT2D eigenvalue weighted by molar-refractivity contribution is -0.112. The molecule has 1 N–H and O–H groups in total. The van der Waals surface area contributed by atoms with E-state index < -0.39 is 15.7 Å². The van der Waals surface area contributed by atoms with E-state index in [4.69, 9.17) is 9.47 Å². The third-order valence-corrected chi connectivity index (χ3v) is 6.28. The first-order valence-corrected chi connectivity index (χ1v) is 12.2. The van der Waals surface area contributed by atoms with Crippen LogP contribution in [0.25, 0.3) is 16.3 Å². The number of thiazole rings is 1. The van der Waals surface area contributed by atoms with Gasteiger partial charge in [0.1, 0.15) is 11.6 Å². The molecule has 10 heteroatoms. The molecule has 0 spiro atoms. The Labute approximate surface area is 190 Å². The minimum atomic E-state index is -3.36. The molecule has 2 aromatic carbocycles. The Kier molecular flexibility index (Phi) is 6.81. The van der Waals surface area contributed by atoms with E-state index in [-0.39, 0.29) is 21.7 Å². The number of rotatable bonds is 7. The number of methoxy groups -OCH3 is 1. The third kappa shape index (κ3) is 5.43.